The molecule has 0 aliphatic carbocycles. The van der Waals surface area contributed by atoms with E-state index in [1.54, 1.807) is 0 Å². The van der Waals surface area contributed by atoms with Crippen LogP contribution >= 0.6 is 0 Å². The van der Waals surface area contributed by atoms with Gasteiger partial charge in [-0.15, -0.1) is 0 Å². The largest absolute Gasteiger partial charge is 0.306 e. The number of fused-ring (bicyclic) bond motifs is 1. The maximum atomic E-state index is 8.90. The van der Waals surface area contributed by atoms with Crippen LogP contribution in [0.25, 0.3) is 10.9 Å². The smallest absolute Gasteiger partial charge is 0.0687 e. The molecule has 0 bridgehead atoms. The molecule has 96 valence electrons. The van der Waals surface area contributed by atoms with Crippen LogP contribution in [0.3, 0.4) is 0 Å². The second-order valence-corrected chi connectivity index (χ2v) is 5.01. The van der Waals surface area contributed by atoms with Crippen molar-refractivity contribution < 1.29 is 5.21 Å². The number of likely N-dealkylation sites (tertiary alicyclic amines) is 1. The zero-order valence-electron chi connectivity index (χ0n) is 10.5. The van der Waals surface area contributed by atoms with Crippen LogP contribution in [0.2, 0.25) is 0 Å². The molecule has 0 saturated carbocycles. The summed E-state index contributed by atoms with van der Waals surface area (Å²) in [6.07, 6.45) is 4.16. The SMILES string of the molecule is CN1CCC(n2ncc3cc(NO)ccc32)CC1. The van der Waals surface area contributed by atoms with Crippen molar-refractivity contribution in [3.63, 3.8) is 0 Å². The standard InChI is InChI=1S/C13H18N4O/c1-16-6-4-12(5-7-16)17-13-3-2-11(15-18)8-10(13)9-14-17/h2-3,8-9,12,15,18H,4-7H2,1H3. The van der Waals surface area contributed by atoms with E-state index in [1.807, 2.05) is 24.4 Å². The zero-order chi connectivity index (χ0) is 12.5. The van der Waals surface area contributed by atoms with Crippen LogP contribution in [0.5, 0.6) is 0 Å². The maximum absolute atomic E-state index is 8.90. The van der Waals surface area contributed by atoms with Crippen molar-refractivity contribution in [2.75, 3.05) is 25.6 Å². The first-order chi connectivity index (χ1) is 8.78. The second-order valence-electron chi connectivity index (χ2n) is 5.01. The number of benzene rings is 1. The predicted octanol–water partition coefficient (Wildman–Crippen LogP) is 2.10. The highest BCUT2D eigenvalue weighted by Crippen LogP contribution is 2.27. The average Bonchev–Trinajstić information content (AvgIpc) is 2.82. The fourth-order valence-corrected chi connectivity index (χ4v) is 2.65. The molecule has 0 unspecified atom stereocenters. The molecule has 5 heteroatoms. The fraction of sp³-hybridized carbons (Fsp3) is 0.462. The number of rotatable bonds is 2. The minimum absolute atomic E-state index is 0.492. The van der Waals surface area contributed by atoms with Gasteiger partial charge in [0.25, 0.3) is 0 Å². The van der Waals surface area contributed by atoms with Gasteiger partial charge in [-0.3, -0.25) is 15.4 Å². The molecule has 3 rings (SSSR count). The monoisotopic (exact) mass is 246 g/mol. The van der Waals surface area contributed by atoms with Gasteiger partial charge in [0.05, 0.1) is 23.4 Å². The fourth-order valence-electron chi connectivity index (χ4n) is 2.65. The molecule has 0 spiro atoms. The molecule has 5 nitrogen and oxygen atoms in total. The van der Waals surface area contributed by atoms with Gasteiger partial charge in [-0.1, -0.05) is 0 Å². The summed E-state index contributed by atoms with van der Waals surface area (Å²) in [6, 6.07) is 6.29. The van der Waals surface area contributed by atoms with Crippen molar-refractivity contribution in [2.24, 2.45) is 0 Å². The molecule has 0 radical (unpaired) electrons. The van der Waals surface area contributed by atoms with Crippen molar-refractivity contribution >= 4 is 16.6 Å². The van der Waals surface area contributed by atoms with Gasteiger partial charge in [-0.2, -0.15) is 5.10 Å². The van der Waals surface area contributed by atoms with Gasteiger partial charge in [0.1, 0.15) is 0 Å². The van der Waals surface area contributed by atoms with Crippen LogP contribution < -0.4 is 5.48 Å². The van der Waals surface area contributed by atoms with Crippen LogP contribution in [0.4, 0.5) is 5.69 Å². The van der Waals surface area contributed by atoms with E-state index in [9.17, 15) is 0 Å². The quantitative estimate of drug-likeness (QED) is 0.797. The Hall–Kier alpha value is -1.59. The van der Waals surface area contributed by atoms with Gasteiger partial charge in [-0.05, 0) is 51.2 Å². The zero-order valence-corrected chi connectivity index (χ0v) is 10.5. The lowest BCUT2D eigenvalue weighted by Crippen LogP contribution is -2.31. The van der Waals surface area contributed by atoms with Crippen LogP contribution in [0, 0.1) is 0 Å². The number of nitrogens with zero attached hydrogens (tertiary/aromatic N) is 3. The van der Waals surface area contributed by atoms with E-state index >= 15 is 0 Å². The van der Waals surface area contributed by atoms with E-state index in [1.165, 1.54) is 0 Å². The Kier molecular flexibility index (Phi) is 2.93. The number of piperidine rings is 1. The van der Waals surface area contributed by atoms with Gasteiger partial charge >= 0.3 is 0 Å². The first kappa shape index (κ1) is 11.5. The lowest BCUT2D eigenvalue weighted by Gasteiger charge is -2.29. The third kappa shape index (κ3) is 1.95. The molecule has 18 heavy (non-hydrogen) atoms. The summed E-state index contributed by atoms with van der Waals surface area (Å²) >= 11 is 0. The molecule has 1 aromatic heterocycles. The van der Waals surface area contributed by atoms with Gasteiger partial charge in [-0.25, -0.2) is 0 Å². The van der Waals surface area contributed by atoms with E-state index in [2.05, 4.69) is 27.2 Å². The lowest BCUT2D eigenvalue weighted by molar-refractivity contribution is 0.215. The molecule has 0 atom stereocenters. The van der Waals surface area contributed by atoms with Crippen LogP contribution in [-0.4, -0.2) is 40.0 Å². The summed E-state index contributed by atoms with van der Waals surface area (Å²) < 4.78 is 2.13. The summed E-state index contributed by atoms with van der Waals surface area (Å²) in [5.74, 6) is 0. The number of aromatic nitrogens is 2. The van der Waals surface area contributed by atoms with Gasteiger partial charge in [0.2, 0.25) is 0 Å². The van der Waals surface area contributed by atoms with E-state index in [-0.39, 0.29) is 0 Å². The summed E-state index contributed by atoms with van der Waals surface area (Å²) in [4.78, 5) is 2.36. The molecule has 1 saturated heterocycles. The van der Waals surface area contributed by atoms with Crippen LogP contribution in [0.15, 0.2) is 24.4 Å². The average molecular weight is 246 g/mol. The minimum Gasteiger partial charge on any atom is -0.306 e. The molecule has 0 amide bonds. The van der Waals surface area contributed by atoms with E-state index in [0.29, 0.717) is 11.7 Å². The van der Waals surface area contributed by atoms with Gasteiger partial charge in [0, 0.05) is 5.39 Å². The molecule has 1 fully saturated rings. The van der Waals surface area contributed by atoms with Crippen molar-refractivity contribution in [2.45, 2.75) is 18.9 Å². The Morgan fingerprint density at radius 1 is 1.33 bits per heavy atom. The molecule has 2 aromatic rings. The Labute approximate surface area is 106 Å². The Morgan fingerprint density at radius 2 is 2.11 bits per heavy atom. The number of anilines is 1. The third-order valence-corrected chi connectivity index (χ3v) is 3.76. The number of nitrogens with one attached hydrogen (secondary N) is 1. The Balaban J connectivity index is 1.93. The highest BCUT2D eigenvalue weighted by molar-refractivity contribution is 5.82. The summed E-state index contributed by atoms with van der Waals surface area (Å²) in [5, 5.41) is 14.5. The summed E-state index contributed by atoms with van der Waals surface area (Å²) in [5.41, 5.74) is 4.01. The molecular weight excluding hydrogens is 228 g/mol. The molecule has 1 aliphatic heterocycles. The van der Waals surface area contributed by atoms with Gasteiger partial charge < -0.3 is 4.90 Å². The van der Waals surface area contributed by atoms with Crippen molar-refractivity contribution in [3.8, 4) is 0 Å². The first-order valence-electron chi connectivity index (χ1n) is 6.34. The lowest BCUT2D eigenvalue weighted by atomic mass is 10.1. The third-order valence-electron chi connectivity index (χ3n) is 3.76. The van der Waals surface area contributed by atoms with E-state index in [0.717, 1.165) is 36.8 Å². The first-order valence-corrected chi connectivity index (χ1v) is 6.34. The van der Waals surface area contributed by atoms with Crippen molar-refractivity contribution in [1.82, 2.24) is 14.7 Å². The minimum atomic E-state index is 0.492. The predicted molar refractivity (Wildman–Crippen MR) is 70.9 cm³/mol. The van der Waals surface area contributed by atoms with Crippen LogP contribution in [-0.2, 0) is 0 Å². The Morgan fingerprint density at radius 3 is 2.83 bits per heavy atom. The summed E-state index contributed by atoms with van der Waals surface area (Å²) in [6.45, 7) is 2.25. The molecule has 1 aromatic carbocycles. The molecule has 2 N–H and O–H groups in total. The van der Waals surface area contributed by atoms with Crippen LogP contribution in [0.1, 0.15) is 18.9 Å². The summed E-state index contributed by atoms with van der Waals surface area (Å²) in [7, 11) is 2.16. The number of hydrogen-bond donors (Lipinski definition) is 2. The second kappa shape index (κ2) is 4.59. The molecular formula is C13H18N4O. The maximum Gasteiger partial charge on any atom is 0.0687 e. The normalized spacial score (nSPS) is 18.3. The Bertz CT molecular complexity index is 543. The van der Waals surface area contributed by atoms with E-state index < -0.39 is 0 Å². The number of hydrogen-bond acceptors (Lipinski definition) is 4. The van der Waals surface area contributed by atoms with Gasteiger partial charge in [0.15, 0.2) is 0 Å². The van der Waals surface area contributed by atoms with Crippen molar-refractivity contribution in [3.05, 3.63) is 24.4 Å². The highest BCUT2D eigenvalue weighted by Gasteiger charge is 2.20. The topological polar surface area (TPSA) is 53.3 Å². The molecule has 1 aliphatic rings. The molecule has 2 heterocycles. The highest BCUT2D eigenvalue weighted by atomic mass is 16.5. The van der Waals surface area contributed by atoms with Crippen molar-refractivity contribution in [1.29, 1.82) is 0 Å². The van der Waals surface area contributed by atoms with E-state index in [4.69, 9.17) is 5.21 Å².